The van der Waals surface area contributed by atoms with E-state index in [1.165, 1.54) is 11.3 Å². The fourth-order valence-electron chi connectivity index (χ4n) is 1.47. The number of benzene rings is 1. The van der Waals surface area contributed by atoms with Gasteiger partial charge in [-0.3, -0.25) is 0 Å². The lowest BCUT2D eigenvalue weighted by molar-refractivity contribution is 0.649. The number of anilines is 1. The molecule has 1 heterocycles. The lowest BCUT2D eigenvalue weighted by Crippen LogP contribution is -2.30. The Morgan fingerprint density at radius 1 is 1.45 bits per heavy atom. The first-order valence-corrected chi connectivity index (χ1v) is 3.92. The van der Waals surface area contributed by atoms with Crippen molar-refractivity contribution in [3.63, 3.8) is 0 Å². The third kappa shape index (κ3) is 1.10. The zero-order valence-electron chi connectivity index (χ0n) is 6.59. The Labute approximate surface area is 66.6 Å². The number of rotatable bonds is 1. The lowest BCUT2D eigenvalue weighted by atomic mass is 10.1. The van der Waals surface area contributed by atoms with Gasteiger partial charge in [0.15, 0.2) is 0 Å². The first kappa shape index (κ1) is 6.68. The summed E-state index contributed by atoms with van der Waals surface area (Å²) in [5.74, 6) is 0. The fraction of sp³-hybridized carbons (Fsp3) is 0.333. The molecular weight excluding hydrogens is 136 g/mol. The van der Waals surface area contributed by atoms with Crippen LogP contribution >= 0.6 is 0 Å². The molecule has 1 aliphatic rings. The van der Waals surface area contributed by atoms with Crippen molar-refractivity contribution in [2.75, 3.05) is 12.4 Å². The van der Waals surface area contributed by atoms with Crippen molar-refractivity contribution >= 4 is 5.69 Å². The minimum absolute atomic E-state index is 0.424. The van der Waals surface area contributed by atoms with E-state index in [-0.39, 0.29) is 0 Å². The molecule has 2 rings (SSSR count). The number of likely N-dealkylation sites (N-methyl/N-ethyl adjacent to an activating group) is 1. The van der Waals surface area contributed by atoms with E-state index in [0.29, 0.717) is 6.17 Å². The minimum Gasteiger partial charge on any atom is -0.369 e. The van der Waals surface area contributed by atoms with Gasteiger partial charge in [-0.25, -0.2) is 0 Å². The van der Waals surface area contributed by atoms with E-state index in [9.17, 15) is 0 Å². The van der Waals surface area contributed by atoms with Crippen LogP contribution in [0.4, 0.5) is 5.69 Å². The summed E-state index contributed by atoms with van der Waals surface area (Å²) in [6.45, 7) is 0. The molecule has 0 fully saturated rings. The van der Waals surface area contributed by atoms with Crippen molar-refractivity contribution in [3.05, 3.63) is 29.8 Å². The van der Waals surface area contributed by atoms with Crippen LogP contribution in [0.5, 0.6) is 0 Å². The molecule has 2 N–H and O–H groups in total. The summed E-state index contributed by atoms with van der Waals surface area (Å²) in [6.07, 6.45) is 1.51. The van der Waals surface area contributed by atoms with Gasteiger partial charge in [-0.15, -0.1) is 0 Å². The summed E-state index contributed by atoms with van der Waals surface area (Å²) in [7, 11) is 1.98. The molecule has 0 spiro atoms. The van der Waals surface area contributed by atoms with Crippen LogP contribution in [-0.2, 0) is 6.42 Å². The Morgan fingerprint density at radius 2 is 2.27 bits per heavy atom. The minimum atomic E-state index is 0.424. The highest BCUT2D eigenvalue weighted by molar-refractivity contribution is 5.56. The third-order valence-corrected chi connectivity index (χ3v) is 2.12. The number of nitrogens with one attached hydrogen (secondary N) is 2. The molecular formula is C9H12N2. The highest BCUT2D eigenvalue weighted by Crippen LogP contribution is 2.23. The van der Waals surface area contributed by atoms with Crippen LogP contribution in [0.1, 0.15) is 5.56 Å². The van der Waals surface area contributed by atoms with E-state index in [2.05, 4.69) is 34.9 Å². The van der Waals surface area contributed by atoms with Gasteiger partial charge >= 0.3 is 0 Å². The number of fused-ring (bicyclic) bond motifs is 1. The average Bonchev–Trinajstić information content (AvgIpc) is 2.46. The predicted molar refractivity (Wildman–Crippen MR) is 46.6 cm³/mol. The quantitative estimate of drug-likeness (QED) is 0.625. The fourth-order valence-corrected chi connectivity index (χ4v) is 1.47. The van der Waals surface area contributed by atoms with Crippen LogP contribution in [0.3, 0.4) is 0 Å². The number of hydrogen-bond donors (Lipinski definition) is 2. The summed E-state index contributed by atoms with van der Waals surface area (Å²) >= 11 is 0. The first-order valence-electron chi connectivity index (χ1n) is 3.92. The largest absolute Gasteiger partial charge is 0.369 e. The molecule has 2 heteroatoms. The summed E-state index contributed by atoms with van der Waals surface area (Å²) in [5, 5.41) is 6.57. The second-order valence-corrected chi connectivity index (χ2v) is 2.85. The van der Waals surface area contributed by atoms with Crippen molar-refractivity contribution in [1.29, 1.82) is 0 Å². The molecule has 11 heavy (non-hydrogen) atoms. The molecule has 1 atom stereocenters. The monoisotopic (exact) mass is 148 g/mol. The Hall–Kier alpha value is -1.02. The van der Waals surface area contributed by atoms with Gasteiger partial charge in [0.1, 0.15) is 0 Å². The zero-order valence-corrected chi connectivity index (χ0v) is 6.59. The van der Waals surface area contributed by atoms with E-state index in [1.54, 1.807) is 0 Å². The van der Waals surface area contributed by atoms with E-state index in [1.807, 2.05) is 7.05 Å². The van der Waals surface area contributed by atoms with Crippen LogP contribution in [0.2, 0.25) is 0 Å². The molecule has 0 radical (unpaired) electrons. The third-order valence-electron chi connectivity index (χ3n) is 2.12. The maximum atomic E-state index is 3.37. The maximum absolute atomic E-state index is 3.37. The van der Waals surface area contributed by atoms with Gasteiger partial charge in [-0.1, -0.05) is 18.2 Å². The second kappa shape index (κ2) is 2.55. The van der Waals surface area contributed by atoms with E-state index < -0.39 is 0 Å². The molecule has 1 aromatic rings. The van der Waals surface area contributed by atoms with Gasteiger partial charge in [0, 0.05) is 12.1 Å². The summed E-state index contributed by atoms with van der Waals surface area (Å²) < 4.78 is 0. The summed E-state index contributed by atoms with van der Waals surface area (Å²) in [4.78, 5) is 0. The summed E-state index contributed by atoms with van der Waals surface area (Å²) in [5.41, 5.74) is 2.68. The van der Waals surface area contributed by atoms with Crippen LogP contribution in [-0.4, -0.2) is 13.2 Å². The molecule has 0 amide bonds. The molecule has 0 saturated heterocycles. The summed E-state index contributed by atoms with van der Waals surface area (Å²) in [6, 6.07) is 8.43. The highest BCUT2D eigenvalue weighted by Gasteiger charge is 2.16. The van der Waals surface area contributed by atoms with Gasteiger partial charge in [-0.05, 0) is 18.7 Å². The zero-order chi connectivity index (χ0) is 7.68. The second-order valence-electron chi connectivity index (χ2n) is 2.85. The maximum Gasteiger partial charge on any atom is 0.0807 e. The Morgan fingerprint density at radius 3 is 3.00 bits per heavy atom. The molecule has 1 unspecified atom stereocenters. The van der Waals surface area contributed by atoms with Gasteiger partial charge < -0.3 is 10.6 Å². The molecule has 1 aliphatic heterocycles. The molecule has 0 aromatic heterocycles. The number of para-hydroxylation sites is 1. The molecule has 1 aromatic carbocycles. The van der Waals surface area contributed by atoms with Crippen LogP contribution in [0.15, 0.2) is 24.3 Å². The van der Waals surface area contributed by atoms with Gasteiger partial charge in [0.25, 0.3) is 0 Å². The van der Waals surface area contributed by atoms with Gasteiger partial charge in [0.2, 0.25) is 0 Å². The van der Waals surface area contributed by atoms with E-state index in [0.717, 1.165) is 6.42 Å². The van der Waals surface area contributed by atoms with Crippen LogP contribution in [0.25, 0.3) is 0 Å². The molecule has 58 valence electrons. The van der Waals surface area contributed by atoms with Crippen molar-refractivity contribution in [1.82, 2.24) is 5.32 Å². The van der Waals surface area contributed by atoms with E-state index in [4.69, 9.17) is 0 Å². The lowest BCUT2D eigenvalue weighted by Gasteiger charge is -2.07. The standard InChI is InChI=1S/C9H12N2/c1-10-9-6-7-4-2-3-5-8(7)11-9/h2-5,9-11H,6H2,1H3. The molecule has 0 aliphatic carbocycles. The Bertz CT molecular complexity index is 232. The van der Waals surface area contributed by atoms with Gasteiger partial charge in [0.05, 0.1) is 6.17 Å². The van der Waals surface area contributed by atoms with Crippen LogP contribution < -0.4 is 10.6 Å². The SMILES string of the molecule is CNC1Cc2ccccc2N1. The highest BCUT2D eigenvalue weighted by atomic mass is 15.1. The van der Waals surface area contributed by atoms with Crippen molar-refractivity contribution in [2.24, 2.45) is 0 Å². The molecule has 0 saturated carbocycles. The van der Waals surface area contributed by atoms with Crippen molar-refractivity contribution in [2.45, 2.75) is 12.6 Å². The first-order chi connectivity index (χ1) is 5.40. The van der Waals surface area contributed by atoms with Crippen molar-refractivity contribution in [3.8, 4) is 0 Å². The smallest absolute Gasteiger partial charge is 0.0807 e. The van der Waals surface area contributed by atoms with E-state index >= 15 is 0 Å². The predicted octanol–water partition coefficient (Wildman–Crippen LogP) is 1.20. The van der Waals surface area contributed by atoms with Crippen molar-refractivity contribution < 1.29 is 0 Å². The average molecular weight is 148 g/mol. The molecule has 0 bridgehead atoms. The topological polar surface area (TPSA) is 24.1 Å². The van der Waals surface area contributed by atoms with Gasteiger partial charge in [-0.2, -0.15) is 0 Å². The Kier molecular flexibility index (Phi) is 1.55. The number of hydrogen-bond acceptors (Lipinski definition) is 2. The molecule has 2 nitrogen and oxygen atoms in total. The van der Waals surface area contributed by atoms with Crippen LogP contribution in [0, 0.1) is 0 Å². The normalized spacial score (nSPS) is 21.0. The Balaban J connectivity index is 2.27.